The van der Waals surface area contributed by atoms with Gasteiger partial charge in [-0.25, -0.2) is 9.97 Å². The second kappa shape index (κ2) is 4.02. The fourth-order valence-electron chi connectivity index (χ4n) is 0.539. The Morgan fingerprint density at radius 3 is 2.58 bits per heavy atom. The van der Waals surface area contributed by atoms with Crippen LogP contribution in [0.5, 0.6) is 0 Å². The summed E-state index contributed by atoms with van der Waals surface area (Å²) in [5.74, 6) is -0.0805. The minimum Gasteiger partial charge on any atom is -0.369 e. The number of rotatable bonds is 2. The van der Waals surface area contributed by atoms with Crippen LogP contribution in [-0.2, 0) is 0 Å². The Labute approximate surface area is 69.0 Å². The molecule has 6 heteroatoms. The van der Waals surface area contributed by atoms with Gasteiger partial charge in [0.25, 0.3) is 0 Å². The molecule has 4 N–H and O–H groups in total. The molecule has 0 unspecified atom stereocenters. The first-order chi connectivity index (χ1) is 5.79. The molecule has 0 amide bonds. The summed E-state index contributed by atoms with van der Waals surface area (Å²) in [5.41, 5.74) is 10.8. The van der Waals surface area contributed by atoms with Crippen molar-refractivity contribution in [2.75, 3.05) is 0 Å². The highest BCUT2D eigenvalue weighted by Crippen LogP contribution is 1.86. The van der Waals surface area contributed by atoms with E-state index in [-0.39, 0.29) is 5.96 Å². The predicted molar refractivity (Wildman–Crippen MR) is 45.4 cm³/mol. The van der Waals surface area contributed by atoms with Gasteiger partial charge in [0.15, 0.2) is 0 Å². The lowest BCUT2D eigenvalue weighted by molar-refractivity contribution is 1.15. The van der Waals surface area contributed by atoms with Gasteiger partial charge >= 0.3 is 0 Å². The van der Waals surface area contributed by atoms with Gasteiger partial charge in [0.05, 0.1) is 6.21 Å². The summed E-state index contributed by atoms with van der Waals surface area (Å²) in [6.45, 7) is 0. The van der Waals surface area contributed by atoms with Crippen molar-refractivity contribution in [1.29, 1.82) is 0 Å². The fourth-order valence-corrected chi connectivity index (χ4v) is 0.539. The molecule has 1 heterocycles. The molecule has 0 aliphatic rings. The highest BCUT2D eigenvalue weighted by molar-refractivity contribution is 5.80. The molecule has 6 nitrogen and oxygen atoms in total. The Balaban J connectivity index is 2.64. The summed E-state index contributed by atoms with van der Waals surface area (Å²) in [4.78, 5) is 7.54. The van der Waals surface area contributed by atoms with E-state index in [0.29, 0.717) is 0 Å². The van der Waals surface area contributed by atoms with E-state index in [1.54, 1.807) is 12.4 Å². The van der Waals surface area contributed by atoms with Crippen molar-refractivity contribution >= 4 is 12.2 Å². The van der Waals surface area contributed by atoms with Crippen LogP contribution >= 0.6 is 0 Å². The van der Waals surface area contributed by atoms with Crippen LogP contribution in [0.1, 0.15) is 5.56 Å². The molecule has 1 aromatic heterocycles. The molecule has 62 valence electrons. The molecule has 0 atom stereocenters. The number of hydrogen-bond acceptors (Lipinski definition) is 4. The van der Waals surface area contributed by atoms with Crippen LogP contribution in [0.3, 0.4) is 0 Å². The van der Waals surface area contributed by atoms with Crippen molar-refractivity contribution in [3.05, 3.63) is 24.3 Å². The third-order valence-corrected chi connectivity index (χ3v) is 0.961. The number of aromatic nitrogens is 2. The Hall–Kier alpha value is -1.98. The first-order valence-electron chi connectivity index (χ1n) is 3.16. The van der Waals surface area contributed by atoms with Gasteiger partial charge in [-0.1, -0.05) is 0 Å². The maximum absolute atomic E-state index is 5.04. The van der Waals surface area contributed by atoms with Gasteiger partial charge in [0.1, 0.15) is 6.33 Å². The Bertz CT molecular complexity index is 286. The summed E-state index contributed by atoms with van der Waals surface area (Å²) in [6.07, 6.45) is 6.08. The monoisotopic (exact) mass is 164 g/mol. The summed E-state index contributed by atoms with van der Waals surface area (Å²) in [5, 5.41) is 6.98. The lowest BCUT2D eigenvalue weighted by Crippen LogP contribution is -2.21. The Morgan fingerprint density at radius 1 is 1.33 bits per heavy atom. The lowest BCUT2D eigenvalue weighted by Gasteiger charge is -1.86. The van der Waals surface area contributed by atoms with E-state index in [0.717, 1.165) is 5.56 Å². The van der Waals surface area contributed by atoms with Crippen molar-refractivity contribution in [3.63, 3.8) is 0 Å². The lowest BCUT2D eigenvalue weighted by atomic mass is 10.4. The van der Waals surface area contributed by atoms with Crippen LogP contribution in [0.25, 0.3) is 0 Å². The maximum atomic E-state index is 5.04. The van der Waals surface area contributed by atoms with Gasteiger partial charge in [-0.2, -0.15) is 5.10 Å². The first kappa shape index (κ1) is 8.12. The molecule has 0 aliphatic heterocycles. The van der Waals surface area contributed by atoms with Crippen LogP contribution in [0.4, 0.5) is 0 Å². The summed E-state index contributed by atoms with van der Waals surface area (Å²) in [7, 11) is 0. The second-order valence-corrected chi connectivity index (χ2v) is 1.94. The van der Waals surface area contributed by atoms with Crippen molar-refractivity contribution < 1.29 is 0 Å². The molecule has 0 saturated heterocycles. The molecule has 1 aromatic rings. The van der Waals surface area contributed by atoms with Crippen LogP contribution in [0.2, 0.25) is 0 Å². The van der Waals surface area contributed by atoms with E-state index in [1.165, 1.54) is 12.5 Å². The van der Waals surface area contributed by atoms with E-state index in [4.69, 9.17) is 11.5 Å². The van der Waals surface area contributed by atoms with Crippen molar-refractivity contribution in [2.24, 2.45) is 21.7 Å². The highest BCUT2D eigenvalue weighted by atomic mass is 15.3. The quantitative estimate of drug-likeness (QED) is 0.335. The summed E-state index contributed by atoms with van der Waals surface area (Å²) in [6, 6.07) is 0. The molecule has 1 rings (SSSR count). The minimum absolute atomic E-state index is 0.0805. The largest absolute Gasteiger partial charge is 0.369 e. The summed E-state index contributed by atoms with van der Waals surface area (Å²) < 4.78 is 0. The first-order valence-corrected chi connectivity index (χ1v) is 3.16. The van der Waals surface area contributed by atoms with Crippen molar-refractivity contribution in [1.82, 2.24) is 9.97 Å². The van der Waals surface area contributed by atoms with E-state index in [1.807, 2.05) is 0 Å². The van der Waals surface area contributed by atoms with Crippen LogP contribution in [0, 0.1) is 0 Å². The highest BCUT2D eigenvalue weighted by Gasteiger charge is 1.83. The smallest absolute Gasteiger partial charge is 0.211 e. The van der Waals surface area contributed by atoms with Gasteiger partial charge in [0.2, 0.25) is 5.96 Å². The van der Waals surface area contributed by atoms with Gasteiger partial charge in [0, 0.05) is 18.0 Å². The SMILES string of the molecule is NC(N)=N/N=C/c1cncnc1. The Kier molecular flexibility index (Phi) is 2.72. The Morgan fingerprint density at radius 2 is 2.00 bits per heavy atom. The molecular weight excluding hydrogens is 156 g/mol. The maximum Gasteiger partial charge on any atom is 0.211 e. The summed E-state index contributed by atoms with van der Waals surface area (Å²) >= 11 is 0. The second-order valence-electron chi connectivity index (χ2n) is 1.94. The normalized spacial score (nSPS) is 10.0. The third-order valence-electron chi connectivity index (χ3n) is 0.961. The number of nitrogens with two attached hydrogens (primary N) is 2. The van der Waals surface area contributed by atoms with Gasteiger partial charge in [-0.3, -0.25) is 0 Å². The van der Waals surface area contributed by atoms with E-state index in [2.05, 4.69) is 20.2 Å². The molecule has 12 heavy (non-hydrogen) atoms. The third kappa shape index (κ3) is 2.74. The average Bonchev–Trinajstić information content (AvgIpc) is 2.05. The van der Waals surface area contributed by atoms with Crippen molar-refractivity contribution in [3.8, 4) is 0 Å². The molecule has 0 fully saturated rings. The zero-order chi connectivity index (χ0) is 8.81. The zero-order valence-corrected chi connectivity index (χ0v) is 6.25. The predicted octanol–water partition coefficient (Wildman–Crippen LogP) is -0.916. The van der Waals surface area contributed by atoms with Crippen LogP contribution < -0.4 is 11.5 Å². The average molecular weight is 164 g/mol. The number of hydrogen-bond donors (Lipinski definition) is 2. The van der Waals surface area contributed by atoms with E-state index in [9.17, 15) is 0 Å². The molecule has 0 aliphatic carbocycles. The number of guanidine groups is 1. The molecule has 0 bridgehead atoms. The minimum atomic E-state index is -0.0805. The fraction of sp³-hybridized carbons (Fsp3) is 0. The molecule has 0 aromatic carbocycles. The molecule has 0 saturated carbocycles. The van der Waals surface area contributed by atoms with Gasteiger partial charge in [-0.15, -0.1) is 5.10 Å². The molecule has 0 radical (unpaired) electrons. The van der Waals surface area contributed by atoms with Gasteiger partial charge < -0.3 is 11.5 Å². The van der Waals surface area contributed by atoms with Crippen LogP contribution in [0.15, 0.2) is 28.9 Å². The van der Waals surface area contributed by atoms with E-state index >= 15 is 0 Å². The number of nitrogens with zero attached hydrogens (tertiary/aromatic N) is 4. The van der Waals surface area contributed by atoms with Gasteiger partial charge in [-0.05, 0) is 0 Å². The zero-order valence-electron chi connectivity index (χ0n) is 6.25. The molecular formula is C6H8N6. The van der Waals surface area contributed by atoms with Crippen LogP contribution in [-0.4, -0.2) is 22.1 Å². The van der Waals surface area contributed by atoms with E-state index < -0.39 is 0 Å². The van der Waals surface area contributed by atoms with Crippen molar-refractivity contribution in [2.45, 2.75) is 0 Å². The topological polar surface area (TPSA) is 103 Å². The standard InChI is InChI=1S/C6H8N6/c7-6(8)12-11-3-5-1-9-4-10-2-5/h1-4H,(H4,7,8,12)/b11-3+. The molecule has 0 spiro atoms.